The number of sulfonamides is 1. The van der Waals surface area contributed by atoms with Gasteiger partial charge in [0.05, 0.1) is 29.4 Å². The zero-order valence-electron chi connectivity index (χ0n) is 22.5. The van der Waals surface area contributed by atoms with Crippen LogP contribution in [0.4, 0.5) is 16.9 Å². The van der Waals surface area contributed by atoms with Gasteiger partial charge in [-0.3, -0.25) is 14.9 Å². The molecule has 0 saturated heterocycles. The topological polar surface area (TPSA) is 207 Å². The largest absolute Gasteiger partial charge is 0.481 e. The zero-order valence-corrected chi connectivity index (χ0v) is 24.1. The zero-order chi connectivity index (χ0) is 29.9. The molecule has 1 aromatic carbocycles. The second-order valence-corrected chi connectivity index (χ2v) is 11.8. The van der Waals surface area contributed by atoms with Crippen LogP contribution in [0.25, 0.3) is 0 Å². The molecule has 0 radical (unpaired) electrons. The van der Waals surface area contributed by atoms with Crippen LogP contribution in [0.1, 0.15) is 46.0 Å². The van der Waals surface area contributed by atoms with Crippen molar-refractivity contribution in [2.45, 2.75) is 45.2 Å². The van der Waals surface area contributed by atoms with Gasteiger partial charge >= 0.3 is 11.9 Å². The van der Waals surface area contributed by atoms with E-state index in [2.05, 4.69) is 25.6 Å². The highest BCUT2D eigenvalue weighted by Gasteiger charge is 2.31. The summed E-state index contributed by atoms with van der Waals surface area (Å²) in [6.07, 6.45) is 0.354. The number of ether oxygens (including phenoxy) is 1. The van der Waals surface area contributed by atoms with E-state index in [1.807, 2.05) is 0 Å². The van der Waals surface area contributed by atoms with Crippen molar-refractivity contribution in [1.82, 2.24) is 19.9 Å². The molecule has 16 heteroatoms. The molecule has 41 heavy (non-hydrogen) atoms. The molecule has 1 aliphatic rings. The van der Waals surface area contributed by atoms with E-state index in [0.29, 0.717) is 39.2 Å². The number of carboxylic acids is 1. The summed E-state index contributed by atoms with van der Waals surface area (Å²) in [7, 11) is -3.83. The number of rotatable bonds is 10. The molecule has 14 nitrogen and oxygen atoms in total. The van der Waals surface area contributed by atoms with Crippen LogP contribution in [0, 0.1) is 12.8 Å². The number of nitrogens with one attached hydrogen (secondary N) is 2. The fourth-order valence-electron chi connectivity index (χ4n) is 4.10. The standard InChI is InChI=1S/C25H29N7O7S2/c1-4-39-23(36)19-14(3)28-25(40-19)31-24-29-18-9-10-32(21(33)13(2)22(34)35)12-17(18)20(30-24)27-11-15-5-7-16(8-6-15)41(26,37)38/h5-8,13H,4,9-12H2,1-3H3,(H,34,35)(H2,26,37,38)(H2,27,28,29,30,31). The van der Waals surface area contributed by atoms with Crippen LogP contribution < -0.4 is 15.8 Å². The van der Waals surface area contributed by atoms with Gasteiger partial charge in [0.15, 0.2) is 5.13 Å². The van der Waals surface area contributed by atoms with Gasteiger partial charge < -0.3 is 20.1 Å². The van der Waals surface area contributed by atoms with Gasteiger partial charge in [-0.1, -0.05) is 23.5 Å². The Morgan fingerprint density at radius 3 is 2.54 bits per heavy atom. The lowest BCUT2D eigenvalue weighted by Gasteiger charge is -2.31. The molecule has 3 heterocycles. The number of anilines is 3. The summed E-state index contributed by atoms with van der Waals surface area (Å²) in [6.45, 7) is 5.61. The summed E-state index contributed by atoms with van der Waals surface area (Å²) in [5.74, 6) is -2.79. The van der Waals surface area contributed by atoms with Crippen molar-refractivity contribution in [1.29, 1.82) is 0 Å². The first-order valence-corrected chi connectivity index (χ1v) is 14.9. The number of esters is 1. The number of carbonyl (C=O) groups excluding carboxylic acids is 2. The SMILES string of the molecule is CCOC(=O)c1sc(Nc2nc3c(c(NCc4ccc(S(N)(=O)=O)cc4)n2)CN(C(=O)C(C)C(=O)O)CC3)nc1C. The van der Waals surface area contributed by atoms with Crippen LogP contribution in [0.3, 0.4) is 0 Å². The molecule has 2 aromatic heterocycles. The number of nitrogens with zero attached hydrogens (tertiary/aromatic N) is 4. The van der Waals surface area contributed by atoms with E-state index in [0.717, 1.165) is 16.9 Å². The third-order valence-corrected chi connectivity index (χ3v) is 8.28. The first-order chi connectivity index (χ1) is 19.4. The lowest BCUT2D eigenvalue weighted by Crippen LogP contribution is -2.41. The van der Waals surface area contributed by atoms with Crippen molar-refractivity contribution in [3.05, 3.63) is 51.7 Å². The Hall–Kier alpha value is -4.15. The molecule has 0 bridgehead atoms. The van der Waals surface area contributed by atoms with Crippen LogP contribution in [0.15, 0.2) is 29.2 Å². The molecule has 0 saturated carbocycles. The summed E-state index contributed by atoms with van der Waals surface area (Å²) in [4.78, 5) is 51.8. The van der Waals surface area contributed by atoms with Gasteiger partial charge in [-0.15, -0.1) is 0 Å². The van der Waals surface area contributed by atoms with Crippen molar-refractivity contribution < 1.29 is 32.6 Å². The normalized spacial score (nSPS) is 13.7. The van der Waals surface area contributed by atoms with Crippen molar-refractivity contribution in [2.24, 2.45) is 11.1 Å². The molecule has 4 rings (SSSR count). The number of primary sulfonamides is 1. The number of hydrogen-bond donors (Lipinski definition) is 4. The molecular weight excluding hydrogens is 574 g/mol. The minimum absolute atomic E-state index is 0.0187. The second kappa shape index (κ2) is 12.2. The molecule has 1 aliphatic heterocycles. The average molecular weight is 604 g/mol. The van der Waals surface area contributed by atoms with Gasteiger partial charge in [-0.2, -0.15) is 4.98 Å². The van der Waals surface area contributed by atoms with Crippen LogP contribution in [0.5, 0.6) is 0 Å². The van der Waals surface area contributed by atoms with Gasteiger partial charge in [0.1, 0.15) is 16.6 Å². The smallest absolute Gasteiger partial charge is 0.350 e. The third kappa shape index (κ3) is 6.96. The Morgan fingerprint density at radius 1 is 1.20 bits per heavy atom. The summed E-state index contributed by atoms with van der Waals surface area (Å²) in [5, 5.41) is 21.1. The van der Waals surface area contributed by atoms with Crippen LogP contribution >= 0.6 is 11.3 Å². The van der Waals surface area contributed by atoms with Crippen molar-refractivity contribution >= 4 is 56.1 Å². The number of fused-ring (bicyclic) bond motifs is 1. The highest BCUT2D eigenvalue weighted by atomic mass is 32.2. The first kappa shape index (κ1) is 29.8. The molecule has 0 spiro atoms. The molecule has 0 aliphatic carbocycles. The predicted octanol–water partition coefficient (Wildman–Crippen LogP) is 2.03. The monoisotopic (exact) mass is 603 g/mol. The lowest BCUT2D eigenvalue weighted by molar-refractivity contribution is -0.150. The van der Waals surface area contributed by atoms with E-state index in [4.69, 9.17) is 9.88 Å². The van der Waals surface area contributed by atoms with Crippen molar-refractivity contribution in [3.8, 4) is 0 Å². The Bertz CT molecular complexity index is 1590. The summed E-state index contributed by atoms with van der Waals surface area (Å²) in [5.41, 5.74) is 2.51. The Balaban J connectivity index is 1.63. The average Bonchev–Trinajstić information content (AvgIpc) is 3.30. The summed E-state index contributed by atoms with van der Waals surface area (Å²) >= 11 is 1.10. The second-order valence-electron chi connectivity index (χ2n) is 9.21. The molecule has 3 aromatic rings. The van der Waals surface area contributed by atoms with E-state index in [-0.39, 0.29) is 37.1 Å². The molecule has 5 N–H and O–H groups in total. The molecule has 1 amide bonds. The highest BCUT2D eigenvalue weighted by molar-refractivity contribution is 7.89. The van der Waals surface area contributed by atoms with Crippen LogP contribution in [-0.2, 0) is 43.9 Å². The maximum atomic E-state index is 12.8. The van der Waals surface area contributed by atoms with Crippen molar-refractivity contribution in [2.75, 3.05) is 23.8 Å². The minimum Gasteiger partial charge on any atom is -0.481 e. The van der Waals surface area contributed by atoms with Gasteiger partial charge in [0.2, 0.25) is 21.9 Å². The van der Waals surface area contributed by atoms with Gasteiger partial charge in [-0.25, -0.2) is 28.3 Å². The number of aliphatic carboxylic acids is 1. The Morgan fingerprint density at radius 2 is 1.90 bits per heavy atom. The fourth-order valence-corrected chi connectivity index (χ4v) is 5.47. The van der Waals surface area contributed by atoms with Crippen molar-refractivity contribution in [3.63, 3.8) is 0 Å². The Labute approximate surface area is 240 Å². The molecular formula is C25H29N7O7S2. The van der Waals surface area contributed by atoms with Gasteiger partial charge in [0, 0.05) is 25.1 Å². The molecule has 1 atom stereocenters. The van der Waals surface area contributed by atoms with E-state index < -0.39 is 33.8 Å². The number of benzene rings is 1. The first-order valence-electron chi connectivity index (χ1n) is 12.6. The van der Waals surface area contributed by atoms with Crippen LogP contribution in [-0.4, -0.2) is 64.4 Å². The number of aryl methyl sites for hydroxylation is 1. The molecule has 0 fully saturated rings. The summed E-state index contributed by atoms with van der Waals surface area (Å²) < 4.78 is 28.2. The number of aromatic nitrogens is 3. The van der Waals surface area contributed by atoms with E-state index in [1.54, 1.807) is 26.0 Å². The quantitative estimate of drug-likeness (QED) is 0.194. The van der Waals surface area contributed by atoms with Gasteiger partial charge in [0.25, 0.3) is 0 Å². The number of carboxylic acid groups (broad SMARTS) is 1. The fraction of sp³-hybridized carbons (Fsp3) is 0.360. The van der Waals surface area contributed by atoms with Gasteiger partial charge in [-0.05, 0) is 38.5 Å². The predicted molar refractivity (Wildman–Crippen MR) is 149 cm³/mol. The number of nitrogens with two attached hydrogens (primary N) is 1. The van der Waals surface area contributed by atoms with Crippen LogP contribution in [0.2, 0.25) is 0 Å². The third-order valence-electron chi connectivity index (χ3n) is 6.30. The highest BCUT2D eigenvalue weighted by Crippen LogP contribution is 2.30. The summed E-state index contributed by atoms with van der Waals surface area (Å²) in [6, 6.07) is 6.02. The van der Waals surface area contributed by atoms with E-state index >= 15 is 0 Å². The number of amides is 1. The minimum atomic E-state index is -3.83. The molecule has 1 unspecified atom stereocenters. The lowest BCUT2D eigenvalue weighted by atomic mass is 10.0. The Kier molecular flexibility index (Phi) is 8.84. The number of thiazole rings is 1. The maximum absolute atomic E-state index is 12.8. The number of carbonyl (C=O) groups is 3. The van der Waals surface area contributed by atoms with E-state index in [1.165, 1.54) is 24.0 Å². The maximum Gasteiger partial charge on any atom is 0.350 e. The van der Waals surface area contributed by atoms with E-state index in [9.17, 15) is 27.9 Å². The number of hydrogen-bond acceptors (Lipinski definition) is 12. The molecule has 218 valence electrons.